The fourth-order valence-electron chi connectivity index (χ4n) is 3.42. The smallest absolute Gasteiger partial charge is 0.329 e. The van der Waals surface area contributed by atoms with E-state index in [1.807, 2.05) is 30.3 Å². The number of esters is 1. The minimum atomic E-state index is -3.38. The molecule has 2 fully saturated rings. The molecule has 3 rings (SSSR count). The number of methoxy groups -OCH3 is 1. The first-order valence-electron chi connectivity index (χ1n) is 8.86. The quantitative estimate of drug-likeness (QED) is 0.644. The van der Waals surface area contributed by atoms with Gasteiger partial charge in [0, 0.05) is 26.2 Å². The van der Waals surface area contributed by atoms with Gasteiger partial charge in [-0.3, -0.25) is 9.69 Å². The molecule has 2 aliphatic heterocycles. The summed E-state index contributed by atoms with van der Waals surface area (Å²) in [7, 11) is -2.20. The lowest BCUT2D eigenvalue weighted by Crippen LogP contribution is -2.60. The average molecular weight is 396 g/mol. The molecule has 0 radical (unpaired) electrons. The predicted molar refractivity (Wildman–Crippen MR) is 97.6 cm³/mol. The number of sulfone groups is 1. The van der Waals surface area contributed by atoms with E-state index in [4.69, 9.17) is 9.47 Å². The third kappa shape index (κ3) is 4.85. The SMILES string of the molecule is COC(=O)[C@@H]1CS(=O)(=O)CCN1C(=O)[C@H]1CN(Cc2ccccc2)CCO1. The first kappa shape index (κ1) is 19.8. The van der Waals surface area contributed by atoms with Crippen molar-refractivity contribution in [2.24, 2.45) is 0 Å². The van der Waals surface area contributed by atoms with Gasteiger partial charge in [-0.25, -0.2) is 13.2 Å². The first-order chi connectivity index (χ1) is 12.9. The zero-order valence-corrected chi connectivity index (χ0v) is 16.1. The van der Waals surface area contributed by atoms with Gasteiger partial charge in [0.2, 0.25) is 0 Å². The summed E-state index contributed by atoms with van der Waals surface area (Å²) >= 11 is 0. The van der Waals surface area contributed by atoms with Crippen LogP contribution in [0.1, 0.15) is 5.56 Å². The Hall–Kier alpha value is -1.97. The molecule has 2 atom stereocenters. The van der Waals surface area contributed by atoms with Gasteiger partial charge in [0.25, 0.3) is 5.91 Å². The molecule has 1 aromatic carbocycles. The minimum absolute atomic E-state index is 0.0283. The van der Waals surface area contributed by atoms with Gasteiger partial charge in [0.15, 0.2) is 9.84 Å². The van der Waals surface area contributed by atoms with E-state index in [2.05, 4.69) is 4.90 Å². The van der Waals surface area contributed by atoms with Crippen LogP contribution in [0.2, 0.25) is 0 Å². The summed E-state index contributed by atoms with van der Waals surface area (Å²) in [6.45, 7) is 2.17. The molecule has 0 saturated carbocycles. The van der Waals surface area contributed by atoms with Crippen LogP contribution in [-0.2, 0) is 35.4 Å². The van der Waals surface area contributed by atoms with Crippen LogP contribution < -0.4 is 0 Å². The zero-order chi connectivity index (χ0) is 19.4. The van der Waals surface area contributed by atoms with E-state index >= 15 is 0 Å². The van der Waals surface area contributed by atoms with Gasteiger partial charge in [-0.15, -0.1) is 0 Å². The van der Waals surface area contributed by atoms with Crippen LogP contribution in [-0.4, -0.2) is 87.1 Å². The van der Waals surface area contributed by atoms with E-state index < -0.39 is 33.7 Å². The molecule has 1 amide bonds. The van der Waals surface area contributed by atoms with Crippen molar-refractivity contribution in [2.75, 3.05) is 44.9 Å². The van der Waals surface area contributed by atoms with Crippen molar-refractivity contribution in [1.82, 2.24) is 9.80 Å². The number of morpholine rings is 1. The Labute approximate surface area is 158 Å². The highest BCUT2D eigenvalue weighted by atomic mass is 32.2. The van der Waals surface area contributed by atoms with E-state index in [-0.39, 0.29) is 18.2 Å². The zero-order valence-electron chi connectivity index (χ0n) is 15.2. The Morgan fingerprint density at radius 3 is 2.67 bits per heavy atom. The van der Waals surface area contributed by atoms with E-state index in [0.29, 0.717) is 26.2 Å². The highest BCUT2D eigenvalue weighted by molar-refractivity contribution is 7.91. The van der Waals surface area contributed by atoms with Gasteiger partial charge in [-0.05, 0) is 5.56 Å². The van der Waals surface area contributed by atoms with E-state index in [9.17, 15) is 18.0 Å². The molecule has 0 aromatic heterocycles. The Morgan fingerprint density at radius 2 is 1.96 bits per heavy atom. The second kappa shape index (κ2) is 8.37. The molecule has 2 heterocycles. The number of ether oxygens (including phenoxy) is 2. The Morgan fingerprint density at radius 1 is 1.22 bits per heavy atom. The highest BCUT2D eigenvalue weighted by Gasteiger charge is 2.42. The van der Waals surface area contributed by atoms with Crippen molar-refractivity contribution in [3.05, 3.63) is 35.9 Å². The van der Waals surface area contributed by atoms with Crippen LogP contribution in [0.3, 0.4) is 0 Å². The van der Waals surface area contributed by atoms with E-state index in [1.165, 1.54) is 12.0 Å². The van der Waals surface area contributed by atoms with Crippen molar-refractivity contribution < 1.29 is 27.5 Å². The van der Waals surface area contributed by atoms with Crippen LogP contribution in [0.4, 0.5) is 0 Å². The summed E-state index contributed by atoms with van der Waals surface area (Å²) in [5.74, 6) is -1.65. The van der Waals surface area contributed by atoms with Crippen molar-refractivity contribution in [3.63, 3.8) is 0 Å². The molecule has 148 valence electrons. The molecule has 8 nitrogen and oxygen atoms in total. The fourth-order valence-corrected chi connectivity index (χ4v) is 4.86. The minimum Gasteiger partial charge on any atom is -0.467 e. The van der Waals surface area contributed by atoms with Gasteiger partial charge in [0.1, 0.15) is 12.1 Å². The summed E-state index contributed by atoms with van der Waals surface area (Å²) in [6.07, 6.45) is -0.726. The maximum atomic E-state index is 13.0. The molecule has 27 heavy (non-hydrogen) atoms. The number of rotatable bonds is 4. The van der Waals surface area contributed by atoms with E-state index in [0.717, 1.165) is 5.56 Å². The van der Waals surface area contributed by atoms with Crippen molar-refractivity contribution in [2.45, 2.75) is 18.7 Å². The normalized spacial score (nSPS) is 25.7. The molecule has 1 aromatic rings. The largest absolute Gasteiger partial charge is 0.467 e. The highest BCUT2D eigenvalue weighted by Crippen LogP contribution is 2.18. The molecule has 0 spiro atoms. The van der Waals surface area contributed by atoms with Gasteiger partial charge >= 0.3 is 5.97 Å². The summed E-state index contributed by atoms with van der Waals surface area (Å²) in [5.41, 5.74) is 1.14. The molecule has 9 heteroatoms. The molecule has 2 aliphatic rings. The van der Waals surface area contributed by atoms with Crippen LogP contribution in [0.5, 0.6) is 0 Å². The standard InChI is InChI=1S/C18H24N2O6S/c1-25-18(22)15-13-27(23,24)10-8-20(15)17(21)16-12-19(7-9-26-16)11-14-5-3-2-4-6-14/h2-6,15-16H,7-13H2,1H3/t15-,16+/m0/s1. The third-order valence-electron chi connectivity index (χ3n) is 4.86. The monoisotopic (exact) mass is 396 g/mol. The van der Waals surface area contributed by atoms with Gasteiger partial charge < -0.3 is 14.4 Å². The number of nitrogens with zero attached hydrogens (tertiary/aromatic N) is 2. The maximum absolute atomic E-state index is 13.0. The van der Waals surface area contributed by atoms with Crippen LogP contribution in [0.25, 0.3) is 0 Å². The number of amides is 1. The molecule has 0 unspecified atom stereocenters. The first-order valence-corrected chi connectivity index (χ1v) is 10.7. The van der Waals surface area contributed by atoms with Gasteiger partial charge in [0.05, 0.1) is 25.2 Å². The lowest BCUT2D eigenvalue weighted by atomic mass is 10.1. The maximum Gasteiger partial charge on any atom is 0.329 e. The molecular formula is C18H24N2O6S. The third-order valence-corrected chi connectivity index (χ3v) is 6.49. The van der Waals surface area contributed by atoms with Crippen LogP contribution in [0.15, 0.2) is 30.3 Å². The molecular weight excluding hydrogens is 372 g/mol. The topological polar surface area (TPSA) is 93.2 Å². The lowest BCUT2D eigenvalue weighted by Gasteiger charge is -2.38. The van der Waals surface area contributed by atoms with Crippen LogP contribution in [0, 0.1) is 0 Å². The fraction of sp³-hybridized carbons (Fsp3) is 0.556. The summed E-state index contributed by atoms with van der Waals surface area (Å²) in [5, 5.41) is 0. The van der Waals surface area contributed by atoms with Crippen molar-refractivity contribution in [3.8, 4) is 0 Å². The Balaban J connectivity index is 1.69. The molecule has 0 aliphatic carbocycles. The second-order valence-electron chi connectivity index (χ2n) is 6.77. The summed E-state index contributed by atoms with van der Waals surface area (Å²) < 4.78 is 34.1. The van der Waals surface area contributed by atoms with Crippen molar-refractivity contribution in [1.29, 1.82) is 0 Å². The van der Waals surface area contributed by atoms with Crippen molar-refractivity contribution >= 4 is 21.7 Å². The average Bonchev–Trinajstić information content (AvgIpc) is 2.67. The Kier molecular flexibility index (Phi) is 6.13. The lowest BCUT2D eigenvalue weighted by molar-refractivity contribution is -0.160. The molecule has 0 N–H and O–H groups in total. The van der Waals surface area contributed by atoms with E-state index in [1.54, 1.807) is 0 Å². The molecule has 2 saturated heterocycles. The number of hydrogen-bond acceptors (Lipinski definition) is 7. The second-order valence-corrected chi connectivity index (χ2v) is 8.99. The van der Waals surface area contributed by atoms with Crippen LogP contribution >= 0.6 is 0 Å². The predicted octanol–water partition coefficient (Wildman–Crippen LogP) is -0.314. The van der Waals surface area contributed by atoms with Gasteiger partial charge in [-0.2, -0.15) is 0 Å². The summed E-state index contributed by atoms with van der Waals surface area (Å²) in [6, 6.07) is 8.81. The number of hydrogen-bond donors (Lipinski definition) is 0. The summed E-state index contributed by atoms with van der Waals surface area (Å²) in [4.78, 5) is 28.4. The number of benzene rings is 1. The van der Waals surface area contributed by atoms with Gasteiger partial charge in [-0.1, -0.05) is 30.3 Å². The number of carbonyl (C=O) groups excluding carboxylic acids is 2. The molecule has 0 bridgehead atoms. The Bertz CT molecular complexity index is 782. The number of carbonyl (C=O) groups is 2.